The summed E-state index contributed by atoms with van der Waals surface area (Å²) in [5.41, 5.74) is 1.29. The van der Waals surface area contributed by atoms with Crippen molar-refractivity contribution >= 4 is 11.6 Å². The van der Waals surface area contributed by atoms with Crippen LogP contribution in [0.5, 0.6) is 0 Å². The molecule has 1 saturated heterocycles. The van der Waals surface area contributed by atoms with Gasteiger partial charge in [0, 0.05) is 17.7 Å². The molecule has 0 spiro atoms. The van der Waals surface area contributed by atoms with E-state index in [1.165, 1.54) is 12.0 Å². The fourth-order valence-corrected chi connectivity index (χ4v) is 2.68. The molecule has 1 aromatic carbocycles. The summed E-state index contributed by atoms with van der Waals surface area (Å²) in [5.74, 6) is 0. The van der Waals surface area contributed by atoms with Crippen LogP contribution in [0.25, 0.3) is 0 Å². The lowest BCUT2D eigenvalue weighted by molar-refractivity contribution is 0.120. The van der Waals surface area contributed by atoms with E-state index in [4.69, 9.17) is 16.3 Å². The van der Waals surface area contributed by atoms with Crippen molar-refractivity contribution in [3.63, 3.8) is 0 Å². The van der Waals surface area contributed by atoms with Gasteiger partial charge in [0.1, 0.15) is 0 Å². The summed E-state index contributed by atoms with van der Waals surface area (Å²) >= 11 is 6.20. The van der Waals surface area contributed by atoms with Crippen LogP contribution < -0.4 is 5.32 Å². The zero-order valence-electron chi connectivity index (χ0n) is 9.63. The summed E-state index contributed by atoms with van der Waals surface area (Å²) in [6, 6.07) is 8.06. The predicted octanol–water partition coefficient (Wildman–Crippen LogP) is 2.65. The van der Waals surface area contributed by atoms with E-state index in [0.29, 0.717) is 0 Å². The van der Waals surface area contributed by atoms with Gasteiger partial charge in [0.2, 0.25) is 0 Å². The molecule has 1 aliphatic rings. The van der Waals surface area contributed by atoms with Gasteiger partial charge >= 0.3 is 0 Å². The van der Waals surface area contributed by atoms with Crippen LogP contribution in [-0.2, 0) is 11.2 Å². The molecule has 1 fully saturated rings. The normalized spacial score (nSPS) is 24.9. The first-order valence-corrected chi connectivity index (χ1v) is 6.11. The second-order valence-corrected chi connectivity index (χ2v) is 4.92. The molecule has 0 bridgehead atoms. The van der Waals surface area contributed by atoms with E-state index in [0.717, 1.165) is 31.0 Å². The van der Waals surface area contributed by atoms with Crippen LogP contribution in [0.4, 0.5) is 0 Å². The third kappa shape index (κ3) is 2.57. The first-order valence-electron chi connectivity index (χ1n) is 5.73. The number of benzene rings is 1. The maximum Gasteiger partial charge on any atom is 0.0647 e. The minimum absolute atomic E-state index is 0.0831. The molecule has 1 aromatic rings. The molecular formula is C13H18ClNO. The number of ether oxygens (including phenoxy) is 1. The monoisotopic (exact) mass is 239 g/mol. The number of halogens is 1. The van der Waals surface area contributed by atoms with E-state index in [2.05, 4.69) is 11.4 Å². The number of rotatable bonds is 4. The van der Waals surface area contributed by atoms with E-state index in [1.54, 1.807) is 7.11 Å². The molecule has 2 rings (SSSR count). The van der Waals surface area contributed by atoms with Gasteiger partial charge in [-0.3, -0.25) is 0 Å². The fraction of sp³-hybridized carbons (Fsp3) is 0.538. The lowest BCUT2D eigenvalue weighted by atomic mass is 9.90. The van der Waals surface area contributed by atoms with Gasteiger partial charge in [-0.1, -0.05) is 29.8 Å². The molecule has 0 aliphatic carbocycles. The zero-order valence-corrected chi connectivity index (χ0v) is 10.4. The van der Waals surface area contributed by atoms with E-state index in [9.17, 15) is 0 Å². The first kappa shape index (κ1) is 11.9. The van der Waals surface area contributed by atoms with E-state index in [-0.39, 0.29) is 5.54 Å². The standard InChI is InChI=1S/C13H18ClNO/c1-16-10-13(7-4-8-15-13)9-11-5-2-3-6-12(11)14/h2-3,5-6,15H,4,7-10H2,1H3. The summed E-state index contributed by atoms with van der Waals surface area (Å²) < 4.78 is 5.34. The van der Waals surface area contributed by atoms with Crippen LogP contribution in [0.1, 0.15) is 18.4 Å². The highest BCUT2D eigenvalue weighted by molar-refractivity contribution is 6.31. The zero-order chi connectivity index (χ0) is 11.4. The molecule has 2 nitrogen and oxygen atoms in total. The minimum Gasteiger partial charge on any atom is -0.383 e. The molecular weight excluding hydrogens is 222 g/mol. The maximum absolute atomic E-state index is 6.20. The highest BCUT2D eigenvalue weighted by atomic mass is 35.5. The van der Waals surface area contributed by atoms with E-state index in [1.807, 2.05) is 18.2 Å². The average molecular weight is 240 g/mol. The predicted molar refractivity (Wildman–Crippen MR) is 67.0 cm³/mol. The number of methoxy groups -OCH3 is 1. The fourth-order valence-electron chi connectivity index (χ4n) is 2.48. The van der Waals surface area contributed by atoms with Crippen LogP contribution >= 0.6 is 11.6 Å². The molecule has 0 radical (unpaired) electrons. The SMILES string of the molecule is COCC1(Cc2ccccc2Cl)CCCN1. The van der Waals surface area contributed by atoms with Crippen molar-refractivity contribution in [2.75, 3.05) is 20.3 Å². The molecule has 1 heterocycles. The Balaban J connectivity index is 2.14. The van der Waals surface area contributed by atoms with E-state index < -0.39 is 0 Å². The third-order valence-electron chi connectivity index (χ3n) is 3.24. The Hall–Kier alpha value is -0.570. The Bertz CT molecular complexity index is 348. The van der Waals surface area contributed by atoms with Gasteiger partial charge in [-0.05, 0) is 37.4 Å². The van der Waals surface area contributed by atoms with Gasteiger partial charge < -0.3 is 10.1 Å². The average Bonchev–Trinajstić information content (AvgIpc) is 2.71. The Labute approximate surface area is 102 Å². The van der Waals surface area contributed by atoms with Crippen LogP contribution in [0.3, 0.4) is 0 Å². The van der Waals surface area contributed by atoms with Crippen molar-refractivity contribution in [3.05, 3.63) is 34.9 Å². The highest BCUT2D eigenvalue weighted by Crippen LogP contribution is 2.27. The Morgan fingerprint density at radius 1 is 1.44 bits per heavy atom. The minimum atomic E-state index is 0.0831. The summed E-state index contributed by atoms with van der Waals surface area (Å²) in [5, 5.41) is 4.42. The summed E-state index contributed by atoms with van der Waals surface area (Å²) in [4.78, 5) is 0. The van der Waals surface area contributed by atoms with Gasteiger partial charge in [-0.25, -0.2) is 0 Å². The van der Waals surface area contributed by atoms with Gasteiger partial charge in [0.05, 0.1) is 6.61 Å². The molecule has 1 N–H and O–H groups in total. The van der Waals surface area contributed by atoms with Crippen LogP contribution in [0, 0.1) is 0 Å². The number of nitrogens with one attached hydrogen (secondary N) is 1. The number of hydrogen-bond acceptors (Lipinski definition) is 2. The molecule has 1 unspecified atom stereocenters. The highest BCUT2D eigenvalue weighted by Gasteiger charge is 2.33. The van der Waals surface area contributed by atoms with Crippen LogP contribution in [0.2, 0.25) is 5.02 Å². The lowest BCUT2D eigenvalue weighted by Crippen LogP contribution is -2.46. The second kappa shape index (κ2) is 5.17. The van der Waals surface area contributed by atoms with Gasteiger partial charge in [-0.2, -0.15) is 0 Å². The molecule has 0 saturated carbocycles. The summed E-state index contributed by atoms with van der Waals surface area (Å²) in [6.07, 6.45) is 3.32. The Morgan fingerprint density at radius 3 is 2.88 bits per heavy atom. The number of hydrogen-bond donors (Lipinski definition) is 1. The van der Waals surface area contributed by atoms with Crippen molar-refractivity contribution in [3.8, 4) is 0 Å². The molecule has 1 atom stereocenters. The van der Waals surface area contributed by atoms with Crippen LogP contribution in [0.15, 0.2) is 24.3 Å². The van der Waals surface area contributed by atoms with Crippen molar-refractivity contribution in [1.29, 1.82) is 0 Å². The molecule has 0 amide bonds. The van der Waals surface area contributed by atoms with Crippen molar-refractivity contribution in [2.45, 2.75) is 24.8 Å². The van der Waals surface area contributed by atoms with Crippen molar-refractivity contribution in [1.82, 2.24) is 5.32 Å². The largest absolute Gasteiger partial charge is 0.383 e. The smallest absolute Gasteiger partial charge is 0.0647 e. The molecule has 88 valence electrons. The van der Waals surface area contributed by atoms with Crippen molar-refractivity contribution in [2.24, 2.45) is 0 Å². The molecule has 1 aliphatic heterocycles. The topological polar surface area (TPSA) is 21.3 Å². The quantitative estimate of drug-likeness (QED) is 0.872. The van der Waals surface area contributed by atoms with Gasteiger partial charge in [0.25, 0.3) is 0 Å². The molecule has 0 aromatic heterocycles. The maximum atomic E-state index is 6.20. The lowest BCUT2D eigenvalue weighted by Gasteiger charge is -2.29. The Kier molecular flexibility index (Phi) is 3.85. The summed E-state index contributed by atoms with van der Waals surface area (Å²) in [6.45, 7) is 1.83. The van der Waals surface area contributed by atoms with Crippen molar-refractivity contribution < 1.29 is 4.74 Å². The second-order valence-electron chi connectivity index (χ2n) is 4.51. The summed E-state index contributed by atoms with van der Waals surface area (Å²) in [7, 11) is 1.76. The van der Waals surface area contributed by atoms with E-state index >= 15 is 0 Å². The molecule has 16 heavy (non-hydrogen) atoms. The van der Waals surface area contributed by atoms with Crippen LogP contribution in [-0.4, -0.2) is 25.8 Å². The third-order valence-corrected chi connectivity index (χ3v) is 3.61. The van der Waals surface area contributed by atoms with Gasteiger partial charge in [0.15, 0.2) is 0 Å². The van der Waals surface area contributed by atoms with Gasteiger partial charge in [-0.15, -0.1) is 0 Å². The first-order chi connectivity index (χ1) is 7.76. The Morgan fingerprint density at radius 2 is 2.25 bits per heavy atom. The molecule has 3 heteroatoms.